The number of aliphatic hydroxyl groups excluding tert-OH is 1. The molecule has 1 aromatic carbocycles. The predicted molar refractivity (Wildman–Crippen MR) is 79.5 cm³/mol. The SMILES string of the molecule is COc1ccc(OCCC(=O)N[C@H]2CCCC[C@@H]2O)cc1. The third-order valence-electron chi connectivity index (χ3n) is 3.73. The molecule has 116 valence electrons. The van der Waals surface area contributed by atoms with Crippen molar-refractivity contribution in [2.45, 2.75) is 44.2 Å². The van der Waals surface area contributed by atoms with Crippen molar-refractivity contribution in [3.05, 3.63) is 24.3 Å². The van der Waals surface area contributed by atoms with E-state index in [1.807, 2.05) is 24.3 Å². The molecule has 0 bridgehead atoms. The highest BCUT2D eigenvalue weighted by Crippen LogP contribution is 2.19. The monoisotopic (exact) mass is 293 g/mol. The number of hydrogen-bond donors (Lipinski definition) is 2. The summed E-state index contributed by atoms with van der Waals surface area (Å²) in [5.41, 5.74) is 0. The van der Waals surface area contributed by atoms with Gasteiger partial charge in [-0.3, -0.25) is 4.79 Å². The third kappa shape index (κ3) is 4.93. The first-order valence-corrected chi connectivity index (χ1v) is 7.43. The molecule has 1 aliphatic rings. The van der Waals surface area contributed by atoms with E-state index in [0.717, 1.165) is 31.4 Å². The van der Waals surface area contributed by atoms with Crippen LogP contribution in [0.1, 0.15) is 32.1 Å². The maximum atomic E-state index is 11.8. The fraction of sp³-hybridized carbons (Fsp3) is 0.562. The van der Waals surface area contributed by atoms with Gasteiger partial charge >= 0.3 is 0 Å². The minimum absolute atomic E-state index is 0.0746. The largest absolute Gasteiger partial charge is 0.497 e. The van der Waals surface area contributed by atoms with Gasteiger partial charge in [0.1, 0.15) is 11.5 Å². The summed E-state index contributed by atoms with van der Waals surface area (Å²) < 4.78 is 10.6. The first kappa shape index (κ1) is 15.6. The smallest absolute Gasteiger partial charge is 0.223 e. The first-order valence-electron chi connectivity index (χ1n) is 7.43. The second-order valence-electron chi connectivity index (χ2n) is 5.30. The van der Waals surface area contributed by atoms with E-state index in [9.17, 15) is 9.90 Å². The Morgan fingerprint density at radius 2 is 1.90 bits per heavy atom. The Labute approximate surface area is 125 Å². The zero-order valence-electron chi connectivity index (χ0n) is 12.4. The Bertz CT molecular complexity index is 446. The van der Waals surface area contributed by atoms with Crippen LogP contribution in [0.25, 0.3) is 0 Å². The van der Waals surface area contributed by atoms with E-state index in [4.69, 9.17) is 9.47 Å². The lowest BCUT2D eigenvalue weighted by atomic mass is 9.92. The molecule has 1 aromatic rings. The van der Waals surface area contributed by atoms with Gasteiger partial charge in [0.15, 0.2) is 0 Å². The van der Waals surface area contributed by atoms with Crippen LogP contribution in [0.5, 0.6) is 11.5 Å². The Morgan fingerprint density at radius 1 is 1.24 bits per heavy atom. The van der Waals surface area contributed by atoms with Crippen molar-refractivity contribution in [2.24, 2.45) is 0 Å². The number of hydrogen-bond acceptors (Lipinski definition) is 4. The van der Waals surface area contributed by atoms with Crippen molar-refractivity contribution in [1.82, 2.24) is 5.32 Å². The minimum atomic E-state index is -0.412. The third-order valence-corrected chi connectivity index (χ3v) is 3.73. The summed E-state index contributed by atoms with van der Waals surface area (Å²) in [4.78, 5) is 11.8. The highest BCUT2D eigenvalue weighted by atomic mass is 16.5. The fourth-order valence-electron chi connectivity index (χ4n) is 2.49. The van der Waals surface area contributed by atoms with E-state index in [1.165, 1.54) is 0 Å². The molecular weight excluding hydrogens is 270 g/mol. The topological polar surface area (TPSA) is 67.8 Å². The van der Waals surface area contributed by atoms with Gasteiger partial charge in [-0.05, 0) is 37.1 Å². The maximum Gasteiger partial charge on any atom is 0.223 e. The van der Waals surface area contributed by atoms with Gasteiger partial charge in [-0.1, -0.05) is 12.8 Å². The van der Waals surface area contributed by atoms with Crippen molar-refractivity contribution >= 4 is 5.91 Å². The molecule has 2 rings (SSSR count). The molecule has 1 aliphatic carbocycles. The molecule has 0 saturated heterocycles. The number of aliphatic hydroxyl groups is 1. The van der Waals surface area contributed by atoms with E-state index < -0.39 is 6.10 Å². The van der Waals surface area contributed by atoms with Crippen molar-refractivity contribution in [3.8, 4) is 11.5 Å². The molecule has 5 heteroatoms. The van der Waals surface area contributed by atoms with Crippen LogP contribution in [-0.4, -0.2) is 36.9 Å². The van der Waals surface area contributed by atoms with E-state index >= 15 is 0 Å². The molecule has 1 amide bonds. The quantitative estimate of drug-likeness (QED) is 0.840. The van der Waals surface area contributed by atoms with Crippen LogP contribution in [0.4, 0.5) is 0 Å². The summed E-state index contributed by atoms with van der Waals surface area (Å²) in [5, 5.41) is 12.7. The van der Waals surface area contributed by atoms with Crippen molar-refractivity contribution in [1.29, 1.82) is 0 Å². The number of amides is 1. The maximum absolute atomic E-state index is 11.8. The lowest BCUT2D eigenvalue weighted by Gasteiger charge is -2.28. The molecule has 0 heterocycles. The van der Waals surface area contributed by atoms with Gasteiger partial charge in [0, 0.05) is 0 Å². The van der Waals surface area contributed by atoms with Crippen LogP contribution in [0.2, 0.25) is 0 Å². The Balaban J connectivity index is 1.68. The number of rotatable bonds is 6. The molecule has 0 radical (unpaired) electrons. The van der Waals surface area contributed by atoms with E-state index in [1.54, 1.807) is 7.11 Å². The van der Waals surface area contributed by atoms with E-state index in [2.05, 4.69) is 5.32 Å². The van der Waals surface area contributed by atoms with Crippen LogP contribution < -0.4 is 14.8 Å². The van der Waals surface area contributed by atoms with Gasteiger partial charge in [-0.25, -0.2) is 0 Å². The lowest BCUT2D eigenvalue weighted by molar-refractivity contribution is -0.123. The Morgan fingerprint density at radius 3 is 2.57 bits per heavy atom. The zero-order valence-corrected chi connectivity index (χ0v) is 12.4. The molecule has 0 unspecified atom stereocenters. The van der Waals surface area contributed by atoms with Gasteiger partial charge in [0.25, 0.3) is 0 Å². The van der Waals surface area contributed by atoms with Crippen LogP contribution >= 0.6 is 0 Å². The zero-order chi connectivity index (χ0) is 15.1. The second kappa shape index (κ2) is 7.88. The highest BCUT2D eigenvalue weighted by molar-refractivity contribution is 5.76. The number of ether oxygens (including phenoxy) is 2. The predicted octanol–water partition coefficient (Wildman–Crippen LogP) is 1.88. The molecule has 21 heavy (non-hydrogen) atoms. The second-order valence-corrected chi connectivity index (χ2v) is 5.30. The van der Waals surface area contributed by atoms with Crippen LogP contribution in [0, 0.1) is 0 Å². The van der Waals surface area contributed by atoms with E-state index in [-0.39, 0.29) is 18.4 Å². The molecular formula is C16H23NO4. The van der Waals surface area contributed by atoms with Gasteiger partial charge in [0.05, 0.1) is 32.3 Å². The number of nitrogens with one attached hydrogen (secondary N) is 1. The first-order chi connectivity index (χ1) is 10.2. The Hall–Kier alpha value is -1.75. The summed E-state index contributed by atoms with van der Waals surface area (Å²) in [5.74, 6) is 1.40. The van der Waals surface area contributed by atoms with Crippen molar-refractivity contribution in [2.75, 3.05) is 13.7 Å². The molecule has 1 saturated carbocycles. The Kier molecular flexibility index (Phi) is 5.87. The van der Waals surface area contributed by atoms with Gasteiger partial charge in [0.2, 0.25) is 5.91 Å². The van der Waals surface area contributed by atoms with Gasteiger partial charge < -0.3 is 19.9 Å². The van der Waals surface area contributed by atoms with Crippen molar-refractivity contribution < 1.29 is 19.4 Å². The standard InChI is InChI=1S/C16H23NO4/c1-20-12-6-8-13(9-7-12)21-11-10-16(19)17-14-4-2-3-5-15(14)18/h6-9,14-15,18H,2-5,10-11H2,1H3,(H,17,19)/t14-,15-/m0/s1. The fourth-order valence-corrected chi connectivity index (χ4v) is 2.49. The summed E-state index contributed by atoms with van der Waals surface area (Å²) in [6, 6.07) is 7.14. The highest BCUT2D eigenvalue weighted by Gasteiger charge is 2.24. The average molecular weight is 293 g/mol. The average Bonchev–Trinajstić information content (AvgIpc) is 2.50. The minimum Gasteiger partial charge on any atom is -0.497 e. The number of carbonyl (C=O) groups excluding carboxylic acids is 1. The van der Waals surface area contributed by atoms with Gasteiger partial charge in [-0.2, -0.15) is 0 Å². The molecule has 2 atom stereocenters. The normalized spacial score (nSPS) is 21.6. The molecule has 0 aromatic heterocycles. The number of carbonyl (C=O) groups is 1. The lowest BCUT2D eigenvalue weighted by Crippen LogP contribution is -2.45. The summed E-state index contributed by atoms with van der Waals surface area (Å²) >= 11 is 0. The summed E-state index contributed by atoms with van der Waals surface area (Å²) in [6.07, 6.45) is 3.60. The van der Waals surface area contributed by atoms with Crippen LogP contribution in [0.3, 0.4) is 0 Å². The number of methoxy groups -OCH3 is 1. The summed E-state index contributed by atoms with van der Waals surface area (Å²) in [7, 11) is 1.61. The van der Waals surface area contributed by atoms with Crippen LogP contribution in [-0.2, 0) is 4.79 Å². The van der Waals surface area contributed by atoms with Crippen LogP contribution in [0.15, 0.2) is 24.3 Å². The summed E-state index contributed by atoms with van der Waals surface area (Å²) in [6.45, 7) is 0.320. The molecule has 1 fully saturated rings. The molecule has 5 nitrogen and oxygen atoms in total. The van der Waals surface area contributed by atoms with Crippen molar-refractivity contribution in [3.63, 3.8) is 0 Å². The number of benzene rings is 1. The van der Waals surface area contributed by atoms with Gasteiger partial charge in [-0.15, -0.1) is 0 Å². The van der Waals surface area contributed by atoms with E-state index in [0.29, 0.717) is 12.4 Å². The molecule has 2 N–H and O–H groups in total. The molecule has 0 spiro atoms. The molecule has 0 aliphatic heterocycles.